The normalized spacial score (nSPS) is 10.8. The highest BCUT2D eigenvalue weighted by atomic mass is 32.1. The van der Waals surface area contributed by atoms with Gasteiger partial charge in [0, 0.05) is 6.20 Å². The first-order valence-corrected chi connectivity index (χ1v) is 6.80. The van der Waals surface area contributed by atoms with Crippen LogP contribution in [-0.2, 0) is 0 Å². The van der Waals surface area contributed by atoms with Gasteiger partial charge in [-0.25, -0.2) is 4.98 Å². The zero-order valence-corrected chi connectivity index (χ0v) is 11.2. The van der Waals surface area contributed by atoms with Gasteiger partial charge in [-0.15, -0.1) is 0 Å². The van der Waals surface area contributed by atoms with Crippen LogP contribution in [0.15, 0.2) is 36.5 Å². The quantitative estimate of drug-likeness (QED) is 0.684. The van der Waals surface area contributed by atoms with E-state index in [9.17, 15) is 4.79 Å². The van der Waals surface area contributed by atoms with Gasteiger partial charge in [-0.05, 0) is 37.3 Å². The molecule has 0 fully saturated rings. The molecule has 3 aromatic rings. The number of rotatable bonds is 4. The Morgan fingerprint density at radius 3 is 3.11 bits per heavy atom. The highest BCUT2D eigenvalue weighted by Crippen LogP contribution is 2.29. The Labute approximate surface area is 114 Å². The summed E-state index contributed by atoms with van der Waals surface area (Å²) in [5.74, 6) is 0.841. The van der Waals surface area contributed by atoms with Crippen LogP contribution >= 0.6 is 11.3 Å². The lowest BCUT2D eigenvalue weighted by Crippen LogP contribution is -1.95. The van der Waals surface area contributed by atoms with Crippen molar-refractivity contribution in [2.75, 3.05) is 6.61 Å². The summed E-state index contributed by atoms with van der Waals surface area (Å²) >= 11 is 1.54. The molecule has 5 heteroatoms. The molecule has 0 aliphatic heterocycles. The number of ether oxygens (including phenoxy) is 1. The summed E-state index contributed by atoms with van der Waals surface area (Å²) in [4.78, 5) is 15.5. The van der Waals surface area contributed by atoms with E-state index in [0.29, 0.717) is 12.3 Å². The molecule has 2 aromatic heterocycles. The molecule has 0 atom stereocenters. The lowest BCUT2D eigenvalue weighted by atomic mass is 10.3. The Balaban J connectivity index is 2.08. The fourth-order valence-corrected chi connectivity index (χ4v) is 2.92. The highest BCUT2D eigenvalue weighted by Gasteiger charge is 2.09. The van der Waals surface area contributed by atoms with E-state index >= 15 is 0 Å². The predicted molar refractivity (Wildman–Crippen MR) is 75.5 cm³/mol. The Kier molecular flexibility index (Phi) is 3.05. The highest BCUT2D eigenvalue weighted by molar-refractivity contribution is 7.20. The summed E-state index contributed by atoms with van der Waals surface area (Å²) in [6, 6.07) is 9.42. The number of thiazole rings is 1. The number of aromatic nitrogens is 2. The molecule has 1 aromatic carbocycles. The monoisotopic (exact) mass is 272 g/mol. The third kappa shape index (κ3) is 2.13. The summed E-state index contributed by atoms with van der Waals surface area (Å²) in [6.07, 6.45) is 2.67. The minimum absolute atomic E-state index is 0.601. The van der Waals surface area contributed by atoms with E-state index in [1.807, 2.05) is 37.4 Å². The van der Waals surface area contributed by atoms with Crippen LogP contribution in [0.2, 0.25) is 0 Å². The summed E-state index contributed by atoms with van der Waals surface area (Å²) in [7, 11) is 0. The van der Waals surface area contributed by atoms with Crippen LogP contribution in [0.4, 0.5) is 0 Å². The first kappa shape index (κ1) is 11.9. The molecule has 0 spiro atoms. The maximum absolute atomic E-state index is 11.0. The second-order valence-electron chi connectivity index (χ2n) is 3.98. The third-order valence-corrected chi connectivity index (χ3v) is 3.78. The van der Waals surface area contributed by atoms with Crippen molar-refractivity contribution in [2.45, 2.75) is 6.92 Å². The van der Waals surface area contributed by atoms with Crippen LogP contribution in [0.25, 0.3) is 15.3 Å². The standard InChI is InChI=1S/C14H12N2O2S/c1-2-18-11-5-6-12-13(8-11)19-14(15-12)16-7-3-4-10(16)9-17/h3-9H,2H2,1H3. The second kappa shape index (κ2) is 4.85. The summed E-state index contributed by atoms with van der Waals surface area (Å²) in [5, 5.41) is 0.788. The van der Waals surface area contributed by atoms with Crippen LogP contribution in [0, 0.1) is 0 Å². The molecule has 0 aliphatic carbocycles. The number of benzene rings is 1. The lowest BCUT2D eigenvalue weighted by molar-refractivity contribution is 0.111. The molecular weight excluding hydrogens is 260 g/mol. The summed E-state index contributed by atoms with van der Waals surface area (Å²) < 4.78 is 8.31. The average Bonchev–Trinajstić information content (AvgIpc) is 3.04. The summed E-state index contributed by atoms with van der Waals surface area (Å²) in [5.41, 5.74) is 1.51. The minimum Gasteiger partial charge on any atom is -0.494 e. The molecule has 3 rings (SSSR count). The van der Waals surface area contributed by atoms with Gasteiger partial charge in [-0.2, -0.15) is 0 Å². The van der Waals surface area contributed by atoms with Gasteiger partial charge in [0.2, 0.25) is 0 Å². The largest absolute Gasteiger partial charge is 0.494 e. The van der Waals surface area contributed by atoms with Crippen molar-refractivity contribution in [3.05, 3.63) is 42.2 Å². The van der Waals surface area contributed by atoms with E-state index in [4.69, 9.17) is 4.74 Å². The number of fused-ring (bicyclic) bond motifs is 1. The SMILES string of the molecule is CCOc1ccc2nc(-n3cccc3C=O)sc2c1. The van der Waals surface area contributed by atoms with Crippen molar-refractivity contribution in [2.24, 2.45) is 0 Å². The number of aldehydes is 1. The molecule has 19 heavy (non-hydrogen) atoms. The molecule has 96 valence electrons. The van der Waals surface area contributed by atoms with Crippen molar-refractivity contribution >= 4 is 27.8 Å². The number of nitrogens with zero attached hydrogens (tertiary/aromatic N) is 2. The van der Waals surface area contributed by atoms with Crippen molar-refractivity contribution in [1.82, 2.24) is 9.55 Å². The van der Waals surface area contributed by atoms with Crippen LogP contribution in [0.1, 0.15) is 17.4 Å². The van der Waals surface area contributed by atoms with E-state index in [-0.39, 0.29) is 0 Å². The zero-order valence-electron chi connectivity index (χ0n) is 10.4. The molecule has 4 nitrogen and oxygen atoms in total. The zero-order chi connectivity index (χ0) is 13.2. The minimum atomic E-state index is 0.601. The van der Waals surface area contributed by atoms with Gasteiger partial charge in [0.15, 0.2) is 11.4 Å². The average molecular weight is 272 g/mol. The maximum Gasteiger partial charge on any atom is 0.195 e. The van der Waals surface area contributed by atoms with Crippen molar-refractivity contribution in [1.29, 1.82) is 0 Å². The third-order valence-electron chi connectivity index (χ3n) is 2.77. The van der Waals surface area contributed by atoms with Gasteiger partial charge in [0.25, 0.3) is 0 Å². The molecule has 0 saturated heterocycles. The first-order chi connectivity index (χ1) is 9.31. The molecule has 0 N–H and O–H groups in total. The van der Waals surface area contributed by atoms with Crippen molar-refractivity contribution in [3.63, 3.8) is 0 Å². The van der Waals surface area contributed by atoms with Crippen LogP contribution < -0.4 is 4.74 Å². The van der Waals surface area contributed by atoms with E-state index in [1.54, 1.807) is 10.6 Å². The number of carbonyl (C=O) groups is 1. The van der Waals surface area contributed by atoms with Crippen LogP contribution in [0.3, 0.4) is 0 Å². The van der Waals surface area contributed by atoms with Gasteiger partial charge in [0.05, 0.1) is 22.5 Å². The van der Waals surface area contributed by atoms with E-state index in [2.05, 4.69) is 4.98 Å². The fraction of sp³-hybridized carbons (Fsp3) is 0.143. The second-order valence-corrected chi connectivity index (χ2v) is 4.99. The Bertz CT molecular complexity index is 730. The first-order valence-electron chi connectivity index (χ1n) is 5.98. The molecule has 0 unspecified atom stereocenters. The van der Waals surface area contributed by atoms with Gasteiger partial charge in [-0.3, -0.25) is 9.36 Å². The molecule has 0 radical (unpaired) electrons. The maximum atomic E-state index is 11.0. The molecule has 0 amide bonds. The Morgan fingerprint density at radius 2 is 2.32 bits per heavy atom. The van der Waals surface area contributed by atoms with Crippen LogP contribution in [0.5, 0.6) is 5.75 Å². The number of hydrogen-bond donors (Lipinski definition) is 0. The fourth-order valence-electron chi connectivity index (χ4n) is 1.92. The van der Waals surface area contributed by atoms with Gasteiger partial charge in [-0.1, -0.05) is 11.3 Å². The Morgan fingerprint density at radius 1 is 1.42 bits per heavy atom. The molecule has 0 bridgehead atoms. The van der Waals surface area contributed by atoms with E-state index < -0.39 is 0 Å². The molecule has 0 saturated carbocycles. The van der Waals surface area contributed by atoms with E-state index in [0.717, 1.165) is 27.4 Å². The Hall–Kier alpha value is -2.14. The van der Waals surface area contributed by atoms with Crippen molar-refractivity contribution < 1.29 is 9.53 Å². The predicted octanol–water partition coefficient (Wildman–Crippen LogP) is 3.30. The lowest BCUT2D eigenvalue weighted by Gasteiger charge is -2.00. The topological polar surface area (TPSA) is 44.1 Å². The van der Waals surface area contributed by atoms with Gasteiger partial charge < -0.3 is 4.74 Å². The van der Waals surface area contributed by atoms with Crippen molar-refractivity contribution in [3.8, 4) is 10.9 Å². The molecular formula is C14H12N2O2S. The van der Waals surface area contributed by atoms with Gasteiger partial charge in [0.1, 0.15) is 5.75 Å². The molecule has 0 aliphatic rings. The van der Waals surface area contributed by atoms with Gasteiger partial charge >= 0.3 is 0 Å². The van der Waals surface area contributed by atoms with Crippen LogP contribution in [-0.4, -0.2) is 22.4 Å². The summed E-state index contributed by atoms with van der Waals surface area (Å²) in [6.45, 7) is 2.60. The van der Waals surface area contributed by atoms with E-state index in [1.165, 1.54) is 11.3 Å². The number of hydrogen-bond acceptors (Lipinski definition) is 4. The number of carbonyl (C=O) groups excluding carboxylic acids is 1. The smallest absolute Gasteiger partial charge is 0.195 e. The molecule has 2 heterocycles.